The number of hydrogen-bond acceptors (Lipinski definition) is 6. The molecule has 0 bridgehead atoms. The molecule has 3 aromatic rings. The molecule has 0 spiro atoms. The normalized spacial score (nSPS) is 11.8. The average molecular weight is 411 g/mol. The summed E-state index contributed by atoms with van der Waals surface area (Å²) in [7, 11) is 1.50. The van der Waals surface area contributed by atoms with E-state index < -0.39 is 23.5 Å². The summed E-state index contributed by atoms with van der Waals surface area (Å²) in [5, 5.41) is 21.8. The van der Waals surface area contributed by atoms with Gasteiger partial charge in [-0.05, 0) is 54.8 Å². The lowest BCUT2D eigenvalue weighted by Gasteiger charge is -2.16. The number of fused-ring (bicyclic) bond motifs is 1. The fraction of sp³-hybridized carbons (Fsp3) is 0.227. The quantitative estimate of drug-likeness (QED) is 0.532. The number of amides is 1. The SMILES string of the molecule is COc1cc(C)cc2oc(=O)c(CC(=O)N[C@H](C(=O)O)c3ccc(O)cc3)c(C)c12. The average Bonchev–Trinajstić information content (AvgIpc) is 2.69. The molecule has 0 saturated carbocycles. The predicted molar refractivity (Wildman–Crippen MR) is 109 cm³/mol. The van der Waals surface area contributed by atoms with E-state index in [1.54, 1.807) is 19.1 Å². The number of methoxy groups -OCH3 is 1. The van der Waals surface area contributed by atoms with Gasteiger partial charge in [-0.1, -0.05) is 12.1 Å². The Morgan fingerprint density at radius 1 is 1.17 bits per heavy atom. The Bertz CT molecular complexity index is 1180. The summed E-state index contributed by atoms with van der Waals surface area (Å²) in [6, 6.07) is 7.63. The zero-order chi connectivity index (χ0) is 22.0. The number of carboxylic acids is 1. The molecule has 8 heteroatoms. The molecule has 156 valence electrons. The second-order valence-corrected chi connectivity index (χ2v) is 6.94. The molecule has 0 saturated heterocycles. The molecule has 1 heterocycles. The number of phenolic OH excluding ortho intramolecular Hbond substituents is 1. The highest BCUT2D eigenvalue weighted by Gasteiger charge is 2.24. The Morgan fingerprint density at radius 3 is 2.43 bits per heavy atom. The lowest BCUT2D eigenvalue weighted by atomic mass is 10.0. The third kappa shape index (κ3) is 4.12. The Morgan fingerprint density at radius 2 is 1.83 bits per heavy atom. The fourth-order valence-corrected chi connectivity index (χ4v) is 3.33. The first-order valence-electron chi connectivity index (χ1n) is 9.13. The van der Waals surface area contributed by atoms with Crippen molar-refractivity contribution in [1.82, 2.24) is 5.32 Å². The molecule has 1 amide bonds. The van der Waals surface area contributed by atoms with Gasteiger partial charge in [-0.25, -0.2) is 9.59 Å². The molecule has 0 unspecified atom stereocenters. The van der Waals surface area contributed by atoms with Crippen LogP contribution < -0.4 is 15.7 Å². The lowest BCUT2D eigenvalue weighted by Crippen LogP contribution is -2.35. The van der Waals surface area contributed by atoms with Crippen LogP contribution >= 0.6 is 0 Å². The molecule has 0 aliphatic carbocycles. The summed E-state index contributed by atoms with van der Waals surface area (Å²) in [6.45, 7) is 3.53. The molecule has 1 atom stereocenters. The summed E-state index contributed by atoms with van der Waals surface area (Å²) in [4.78, 5) is 36.7. The summed E-state index contributed by atoms with van der Waals surface area (Å²) < 4.78 is 10.8. The second-order valence-electron chi connectivity index (χ2n) is 6.94. The Hall–Kier alpha value is -3.81. The third-order valence-electron chi connectivity index (χ3n) is 4.82. The monoisotopic (exact) mass is 411 g/mol. The first-order valence-corrected chi connectivity index (χ1v) is 9.13. The zero-order valence-electron chi connectivity index (χ0n) is 16.7. The van der Waals surface area contributed by atoms with Gasteiger partial charge in [-0.2, -0.15) is 0 Å². The molecule has 1 aromatic heterocycles. The van der Waals surface area contributed by atoms with Gasteiger partial charge in [-0.15, -0.1) is 0 Å². The molecule has 2 aromatic carbocycles. The maximum atomic E-state index is 12.6. The van der Waals surface area contributed by atoms with Gasteiger partial charge in [0.05, 0.1) is 24.5 Å². The van der Waals surface area contributed by atoms with E-state index in [9.17, 15) is 24.6 Å². The van der Waals surface area contributed by atoms with Gasteiger partial charge in [0.15, 0.2) is 6.04 Å². The topological polar surface area (TPSA) is 126 Å². The lowest BCUT2D eigenvalue weighted by molar-refractivity contribution is -0.142. The van der Waals surface area contributed by atoms with E-state index in [4.69, 9.17) is 9.15 Å². The van der Waals surface area contributed by atoms with E-state index in [-0.39, 0.29) is 23.3 Å². The van der Waals surface area contributed by atoms with Crippen LogP contribution in [0, 0.1) is 13.8 Å². The first kappa shape index (κ1) is 20.9. The smallest absolute Gasteiger partial charge is 0.340 e. The van der Waals surface area contributed by atoms with Crippen molar-refractivity contribution in [2.24, 2.45) is 0 Å². The molecule has 0 aliphatic heterocycles. The van der Waals surface area contributed by atoms with E-state index >= 15 is 0 Å². The van der Waals surface area contributed by atoms with E-state index in [0.29, 0.717) is 22.3 Å². The van der Waals surface area contributed by atoms with Crippen molar-refractivity contribution in [2.75, 3.05) is 7.11 Å². The van der Waals surface area contributed by atoms with Gasteiger partial charge < -0.3 is 24.7 Å². The maximum Gasteiger partial charge on any atom is 0.340 e. The highest BCUT2D eigenvalue weighted by Crippen LogP contribution is 2.31. The van der Waals surface area contributed by atoms with Crippen LogP contribution in [0.4, 0.5) is 0 Å². The number of aliphatic carboxylic acids is 1. The van der Waals surface area contributed by atoms with Gasteiger partial charge in [0.25, 0.3) is 0 Å². The number of carbonyl (C=O) groups is 2. The van der Waals surface area contributed by atoms with Crippen molar-refractivity contribution in [1.29, 1.82) is 0 Å². The van der Waals surface area contributed by atoms with Crippen molar-refractivity contribution in [3.05, 3.63) is 69.1 Å². The van der Waals surface area contributed by atoms with Crippen LogP contribution in [0.3, 0.4) is 0 Å². The Labute approximate surface area is 171 Å². The molecule has 30 heavy (non-hydrogen) atoms. The number of carbonyl (C=O) groups excluding carboxylic acids is 1. The fourth-order valence-electron chi connectivity index (χ4n) is 3.33. The van der Waals surface area contributed by atoms with Crippen molar-refractivity contribution in [2.45, 2.75) is 26.3 Å². The third-order valence-corrected chi connectivity index (χ3v) is 4.82. The minimum absolute atomic E-state index is 0.0252. The van der Waals surface area contributed by atoms with Gasteiger partial charge in [0, 0.05) is 0 Å². The van der Waals surface area contributed by atoms with Crippen LogP contribution in [-0.4, -0.2) is 29.2 Å². The predicted octanol–water partition coefficient (Wildman–Crippen LogP) is 2.61. The molecule has 0 fully saturated rings. The number of phenols is 1. The minimum Gasteiger partial charge on any atom is -0.508 e. The van der Waals surface area contributed by atoms with Crippen LogP contribution in [0.15, 0.2) is 45.6 Å². The number of aryl methyl sites for hydroxylation is 2. The molecular formula is C22H21NO7. The summed E-state index contributed by atoms with van der Waals surface area (Å²) in [5.41, 5.74) is 1.48. The van der Waals surface area contributed by atoms with E-state index in [2.05, 4.69) is 5.32 Å². The second kappa shape index (κ2) is 8.28. The number of nitrogens with one attached hydrogen (secondary N) is 1. The number of benzene rings is 2. The summed E-state index contributed by atoms with van der Waals surface area (Å²) in [6.07, 6.45) is -0.358. The Kier molecular flexibility index (Phi) is 5.77. The number of hydrogen-bond donors (Lipinski definition) is 3. The number of carboxylic acid groups (broad SMARTS) is 1. The van der Waals surface area contributed by atoms with Crippen molar-refractivity contribution in [3.8, 4) is 11.5 Å². The van der Waals surface area contributed by atoms with Crippen LogP contribution in [-0.2, 0) is 16.0 Å². The number of rotatable bonds is 6. The van der Waals surface area contributed by atoms with Crippen LogP contribution in [0.25, 0.3) is 11.0 Å². The van der Waals surface area contributed by atoms with Gasteiger partial charge in [0.2, 0.25) is 5.91 Å². The van der Waals surface area contributed by atoms with Gasteiger partial charge in [0.1, 0.15) is 17.1 Å². The molecule has 3 N–H and O–H groups in total. The number of aromatic hydroxyl groups is 1. The van der Waals surface area contributed by atoms with E-state index in [1.807, 2.05) is 6.92 Å². The molecule has 3 rings (SSSR count). The minimum atomic E-state index is -1.33. The van der Waals surface area contributed by atoms with E-state index in [1.165, 1.54) is 31.4 Å². The van der Waals surface area contributed by atoms with Crippen LogP contribution in [0.5, 0.6) is 11.5 Å². The van der Waals surface area contributed by atoms with Gasteiger partial charge >= 0.3 is 11.6 Å². The van der Waals surface area contributed by atoms with Crippen LogP contribution in [0.2, 0.25) is 0 Å². The van der Waals surface area contributed by atoms with Crippen LogP contribution in [0.1, 0.15) is 28.3 Å². The molecule has 8 nitrogen and oxygen atoms in total. The van der Waals surface area contributed by atoms with Gasteiger partial charge in [-0.3, -0.25) is 4.79 Å². The first-order chi connectivity index (χ1) is 14.2. The Balaban J connectivity index is 1.94. The van der Waals surface area contributed by atoms with Crippen molar-refractivity contribution in [3.63, 3.8) is 0 Å². The molecule has 0 radical (unpaired) electrons. The highest BCUT2D eigenvalue weighted by molar-refractivity contribution is 5.90. The zero-order valence-corrected chi connectivity index (χ0v) is 16.7. The van der Waals surface area contributed by atoms with Crippen molar-refractivity contribution < 1.29 is 29.0 Å². The largest absolute Gasteiger partial charge is 0.508 e. The standard InChI is InChI=1S/C22H21NO7/c1-11-8-16(29-3)19-12(2)15(22(28)30-17(19)9-11)10-18(25)23-20(21(26)27)13-4-6-14(24)7-5-13/h4-9,20,24H,10H2,1-3H3,(H,23,25)(H,26,27)/t20-/m0/s1. The molecule has 0 aliphatic rings. The summed E-state index contributed by atoms with van der Waals surface area (Å²) in [5.74, 6) is -1.44. The molecular weight excluding hydrogens is 390 g/mol. The summed E-state index contributed by atoms with van der Waals surface area (Å²) >= 11 is 0. The number of ether oxygens (including phenoxy) is 1. The van der Waals surface area contributed by atoms with Crippen molar-refractivity contribution >= 4 is 22.8 Å². The van der Waals surface area contributed by atoms with E-state index in [0.717, 1.165) is 5.56 Å². The highest BCUT2D eigenvalue weighted by atomic mass is 16.5. The maximum absolute atomic E-state index is 12.6.